The summed E-state index contributed by atoms with van der Waals surface area (Å²) < 4.78 is 6.79. The summed E-state index contributed by atoms with van der Waals surface area (Å²) >= 11 is 0. The second-order valence-electron chi connectivity index (χ2n) is 9.10. The number of nitrogens with one attached hydrogen (secondary N) is 1. The highest BCUT2D eigenvalue weighted by Gasteiger charge is 2.30. The Balaban J connectivity index is 1.25. The normalized spacial score (nSPS) is 15.7. The molecule has 8 heteroatoms. The third-order valence-corrected chi connectivity index (χ3v) is 6.14. The van der Waals surface area contributed by atoms with Gasteiger partial charge in [0, 0.05) is 32.0 Å². The Labute approximate surface area is 199 Å². The predicted molar refractivity (Wildman–Crippen MR) is 129 cm³/mol. The van der Waals surface area contributed by atoms with E-state index in [9.17, 15) is 9.59 Å². The standard InChI is InChI=1S/C26H31N5O3/c1-18(2)22-8-4-19(5-9-22)14-30-15-21(12-25(30)32)13-27-26(33)24-17-31(29-28-24)16-20-6-10-23(34-3)11-7-20/h4-11,17-18,21H,12-16H2,1-3H3,(H,27,33). The zero-order valence-electron chi connectivity index (χ0n) is 19.9. The molecule has 0 saturated carbocycles. The second kappa shape index (κ2) is 10.5. The molecule has 1 aromatic heterocycles. The maximum atomic E-state index is 12.5. The summed E-state index contributed by atoms with van der Waals surface area (Å²) in [6.45, 7) is 6.50. The number of hydrogen-bond acceptors (Lipinski definition) is 5. The fourth-order valence-corrected chi connectivity index (χ4v) is 4.10. The molecule has 1 aliphatic rings. The van der Waals surface area contributed by atoms with E-state index < -0.39 is 0 Å². The van der Waals surface area contributed by atoms with Gasteiger partial charge in [0.2, 0.25) is 5.91 Å². The summed E-state index contributed by atoms with van der Waals surface area (Å²) in [5.41, 5.74) is 3.70. The molecule has 0 radical (unpaired) electrons. The Kier molecular flexibility index (Phi) is 7.25. The summed E-state index contributed by atoms with van der Waals surface area (Å²) in [4.78, 5) is 26.9. The molecule has 0 aliphatic carbocycles. The molecule has 0 bridgehead atoms. The van der Waals surface area contributed by atoms with Crippen LogP contribution in [0.15, 0.2) is 54.7 Å². The van der Waals surface area contributed by atoms with Crippen molar-refractivity contribution in [2.45, 2.75) is 39.3 Å². The molecule has 1 aliphatic heterocycles. The number of benzene rings is 2. The lowest BCUT2D eigenvalue weighted by Gasteiger charge is -2.17. The van der Waals surface area contributed by atoms with Crippen LogP contribution >= 0.6 is 0 Å². The quantitative estimate of drug-likeness (QED) is 0.528. The molecule has 178 valence electrons. The number of carbonyl (C=O) groups is 2. The number of likely N-dealkylation sites (tertiary alicyclic amines) is 1. The Morgan fingerprint density at radius 1 is 1.09 bits per heavy atom. The molecule has 1 atom stereocenters. The van der Waals surface area contributed by atoms with E-state index in [1.54, 1.807) is 18.0 Å². The van der Waals surface area contributed by atoms with Gasteiger partial charge in [-0.05, 0) is 34.7 Å². The second-order valence-corrected chi connectivity index (χ2v) is 9.10. The number of carbonyl (C=O) groups excluding carboxylic acids is 2. The van der Waals surface area contributed by atoms with Crippen LogP contribution in [0.5, 0.6) is 5.75 Å². The lowest BCUT2D eigenvalue weighted by molar-refractivity contribution is -0.128. The molecular weight excluding hydrogens is 430 g/mol. The molecule has 1 N–H and O–H groups in total. The zero-order valence-corrected chi connectivity index (χ0v) is 19.9. The predicted octanol–water partition coefficient (Wildman–Crippen LogP) is 3.24. The van der Waals surface area contributed by atoms with E-state index in [1.807, 2.05) is 29.2 Å². The molecule has 3 aromatic rings. The van der Waals surface area contributed by atoms with Crippen LogP contribution in [-0.2, 0) is 17.9 Å². The van der Waals surface area contributed by atoms with Crippen molar-refractivity contribution in [2.75, 3.05) is 20.2 Å². The van der Waals surface area contributed by atoms with Crippen LogP contribution in [0.25, 0.3) is 0 Å². The molecule has 4 rings (SSSR count). The third kappa shape index (κ3) is 5.81. The van der Waals surface area contributed by atoms with E-state index in [1.165, 1.54) is 5.56 Å². The van der Waals surface area contributed by atoms with Crippen molar-refractivity contribution in [2.24, 2.45) is 5.92 Å². The van der Waals surface area contributed by atoms with Crippen molar-refractivity contribution in [1.29, 1.82) is 0 Å². The summed E-state index contributed by atoms with van der Waals surface area (Å²) in [5, 5.41) is 11.0. The van der Waals surface area contributed by atoms with Crippen LogP contribution in [0, 0.1) is 5.92 Å². The highest BCUT2D eigenvalue weighted by molar-refractivity contribution is 5.91. The van der Waals surface area contributed by atoms with Gasteiger partial charge in [0.25, 0.3) is 5.91 Å². The highest BCUT2D eigenvalue weighted by Crippen LogP contribution is 2.21. The van der Waals surface area contributed by atoms with E-state index >= 15 is 0 Å². The van der Waals surface area contributed by atoms with E-state index in [0.29, 0.717) is 38.5 Å². The molecule has 1 fully saturated rings. The topological polar surface area (TPSA) is 89.4 Å². The number of nitrogens with zero attached hydrogens (tertiary/aromatic N) is 4. The number of amides is 2. The van der Waals surface area contributed by atoms with E-state index in [0.717, 1.165) is 16.9 Å². The molecule has 34 heavy (non-hydrogen) atoms. The molecule has 2 amide bonds. The summed E-state index contributed by atoms with van der Waals surface area (Å²) in [7, 11) is 1.63. The van der Waals surface area contributed by atoms with E-state index in [2.05, 4.69) is 53.7 Å². The maximum absolute atomic E-state index is 12.5. The van der Waals surface area contributed by atoms with Gasteiger partial charge >= 0.3 is 0 Å². The number of aromatic nitrogens is 3. The van der Waals surface area contributed by atoms with Gasteiger partial charge in [0.05, 0.1) is 19.9 Å². The lowest BCUT2D eigenvalue weighted by atomic mass is 10.0. The summed E-state index contributed by atoms with van der Waals surface area (Å²) in [5.74, 6) is 1.20. The van der Waals surface area contributed by atoms with Gasteiger partial charge < -0.3 is 15.0 Å². The first-order chi connectivity index (χ1) is 16.4. The summed E-state index contributed by atoms with van der Waals surface area (Å²) in [6, 6.07) is 16.1. The lowest BCUT2D eigenvalue weighted by Crippen LogP contribution is -2.31. The smallest absolute Gasteiger partial charge is 0.273 e. The maximum Gasteiger partial charge on any atom is 0.273 e. The van der Waals surface area contributed by atoms with Gasteiger partial charge in [0.1, 0.15) is 5.75 Å². The molecule has 1 unspecified atom stereocenters. The van der Waals surface area contributed by atoms with Crippen LogP contribution in [0.1, 0.15) is 53.4 Å². The average molecular weight is 462 g/mol. The first-order valence-electron chi connectivity index (χ1n) is 11.6. The first-order valence-corrected chi connectivity index (χ1v) is 11.6. The molecule has 1 saturated heterocycles. The molecule has 0 spiro atoms. The van der Waals surface area contributed by atoms with Crippen LogP contribution in [-0.4, -0.2) is 51.9 Å². The third-order valence-electron chi connectivity index (χ3n) is 6.14. The number of methoxy groups -OCH3 is 1. The Hall–Kier alpha value is -3.68. The monoisotopic (exact) mass is 461 g/mol. The molecule has 2 heterocycles. The SMILES string of the molecule is COc1ccc(Cn2cc(C(=O)NCC3CC(=O)N(Cc4ccc(C(C)C)cc4)C3)nn2)cc1. The Morgan fingerprint density at radius 3 is 2.44 bits per heavy atom. The van der Waals surface area contributed by atoms with Gasteiger partial charge in [0.15, 0.2) is 5.69 Å². The van der Waals surface area contributed by atoms with Crippen molar-refractivity contribution in [3.05, 3.63) is 77.1 Å². The van der Waals surface area contributed by atoms with Gasteiger partial charge in [-0.1, -0.05) is 55.5 Å². The van der Waals surface area contributed by atoms with Crippen molar-refractivity contribution < 1.29 is 14.3 Å². The number of ether oxygens (including phenoxy) is 1. The minimum atomic E-state index is -0.281. The molecule has 8 nitrogen and oxygen atoms in total. The average Bonchev–Trinajstić information content (AvgIpc) is 3.45. The van der Waals surface area contributed by atoms with Crippen molar-refractivity contribution in [1.82, 2.24) is 25.2 Å². The minimum Gasteiger partial charge on any atom is -0.497 e. The van der Waals surface area contributed by atoms with E-state index in [-0.39, 0.29) is 23.4 Å². The zero-order chi connectivity index (χ0) is 24.1. The van der Waals surface area contributed by atoms with Crippen LogP contribution < -0.4 is 10.1 Å². The van der Waals surface area contributed by atoms with Gasteiger partial charge in [-0.15, -0.1) is 5.10 Å². The first kappa shape index (κ1) is 23.5. The van der Waals surface area contributed by atoms with E-state index in [4.69, 9.17) is 4.74 Å². The van der Waals surface area contributed by atoms with Crippen molar-refractivity contribution in [3.63, 3.8) is 0 Å². The fraction of sp³-hybridized carbons (Fsp3) is 0.385. The Bertz CT molecular complexity index is 1120. The van der Waals surface area contributed by atoms with Crippen molar-refractivity contribution in [3.8, 4) is 5.75 Å². The number of hydrogen-bond donors (Lipinski definition) is 1. The largest absolute Gasteiger partial charge is 0.497 e. The highest BCUT2D eigenvalue weighted by atomic mass is 16.5. The Morgan fingerprint density at radius 2 is 1.76 bits per heavy atom. The molecular formula is C26H31N5O3. The molecule has 2 aromatic carbocycles. The van der Waals surface area contributed by atoms with Gasteiger partial charge in [-0.2, -0.15) is 0 Å². The van der Waals surface area contributed by atoms with Crippen LogP contribution in [0.3, 0.4) is 0 Å². The van der Waals surface area contributed by atoms with Crippen LogP contribution in [0.4, 0.5) is 0 Å². The summed E-state index contributed by atoms with van der Waals surface area (Å²) in [6.07, 6.45) is 2.07. The van der Waals surface area contributed by atoms with Crippen molar-refractivity contribution >= 4 is 11.8 Å². The van der Waals surface area contributed by atoms with Gasteiger partial charge in [-0.25, -0.2) is 4.68 Å². The number of rotatable bonds is 9. The minimum absolute atomic E-state index is 0.0840. The van der Waals surface area contributed by atoms with Gasteiger partial charge in [-0.3, -0.25) is 9.59 Å². The van der Waals surface area contributed by atoms with Crippen LogP contribution in [0.2, 0.25) is 0 Å². The fourth-order valence-electron chi connectivity index (χ4n) is 4.10.